The number of halogens is 1. The van der Waals surface area contributed by atoms with Crippen LogP contribution >= 0.6 is 0 Å². The molecule has 0 saturated carbocycles. The van der Waals surface area contributed by atoms with E-state index >= 15 is 0 Å². The fourth-order valence-electron chi connectivity index (χ4n) is 2.22. The molecule has 1 N–H and O–H groups in total. The van der Waals surface area contributed by atoms with E-state index in [0.717, 1.165) is 16.7 Å². The molecular weight excluding hydrogens is 227 g/mol. The maximum Gasteiger partial charge on any atom is 0.123 e. The Balaban J connectivity index is 2.49. The van der Waals surface area contributed by atoms with Gasteiger partial charge in [-0.15, -0.1) is 0 Å². The Hall–Kier alpha value is -1.74. The summed E-state index contributed by atoms with van der Waals surface area (Å²) in [7, 11) is 1.90. The molecule has 1 heterocycles. The molecule has 0 amide bonds. The largest absolute Gasteiger partial charge is 0.309 e. The minimum Gasteiger partial charge on any atom is -0.309 e. The van der Waals surface area contributed by atoms with Crippen molar-refractivity contribution in [2.75, 3.05) is 7.05 Å². The first kappa shape index (κ1) is 12.7. The van der Waals surface area contributed by atoms with Crippen molar-refractivity contribution in [1.82, 2.24) is 10.3 Å². The van der Waals surface area contributed by atoms with Crippen LogP contribution in [0, 0.1) is 19.7 Å². The molecule has 2 nitrogen and oxygen atoms in total. The highest BCUT2D eigenvalue weighted by Gasteiger charge is 2.16. The highest BCUT2D eigenvalue weighted by atomic mass is 19.1. The monoisotopic (exact) mass is 244 g/mol. The Bertz CT molecular complexity index is 552. The molecule has 1 atom stereocenters. The van der Waals surface area contributed by atoms with E-state index in [9.17, 15) is 4.39 Å². The molecule has 0 bridgehead atoms. The summed E-state index contributed by atoms with van der Waals surface area (Å²) in [4.78, 5) is 4.17. The summed E-state index contributed by atoms with van der Waals surface area (Å²) >= 11 is 0. The molecule has 0 radical (unpaired) electrons. The second kappa shape index (κ2) is 5.27. The van der Waals surface area contributed by atoms with Crippen LogP contribution in [0.2, 0.25) is 0 Å². The molecule has 0 aliphatic heterocycles. The first-order chi connectivity index (χ1) is 8.63. The smallest absolute Gasteiger partial charge is 0.123 e. The number of nitrogens with one attached hydrogen (secondary N) is 1. The zero-order valence-electron chi connectivity index (χ0n) is 10.9. The summed E-state index contributed by atoms with van der Waals surface area (Å²) in [6, 6.07) is 6.92. The summed E-state index contributed by atoms with van der Waals surface area (Å²) in [6.07, 6.45) is 3.64. The average Bonchev–Trinajstić information content (AvgIpc) is 2.34. The number of hydrogen-bond donors (Lipinski definition) is 1. The summed E-state index contributed by atoms with van der Waals surface area (Å²) < 4.78 is 13.2. The standard InChI is InChI=1S/C15H17FN2/c1-10-6-7-18-9-14(10)15(17-3)13-5-4-12(16)8-11(13)2/h4-9,15,17H,1-3H3. The van der Waals surface area contributed by atoms with Crippen molar-refractivity contribution in [2.45, 2.75) is 19.9 Å². The van der Waals surface area contributed by atoms with Crippen molar-refractivity contribution in [3.05, 3.63) is 64.7 Å². The fraction of sp³-hybridized carbons (Fsp3) is 0.267. The van der Waals surface area contributed by atoms with Gasteiger partial charge in [0.15, 0.2) is 0 Å². The van der Waals surface area contributed by atoms with E-state index in [-0.39, 0.29) is 11.9 Å². The quantitative estimate of drug-likeness (QED) is 0.897. The molecular formula is C15H17FN2. The number of benzene rings is 1. The average molecular weight is 244 g/mol. The lowest BCUT2D eigenvalue weighted by Gasteiger charge is -2.20. The third-order valence-electron chi connectivity index (χ3n) is 3.22. The lowest BCUT2D eigenvalue weighted by atomic mass is 9.93. The molecule has 0 saturated heterocycles. The molecule has 2 aromatic rings. The van der Waals surface area contributed by atoms with Crippen molar-refractivity contribution in [3.8, 4) is 0 Å². The number of rotatable bonds is 3. The van der Waals surface area contributed by atoms with Crippen LogP contribution in [0.25, 0.3) is 0 Å². The van der Waals surface area contributed by atoms with E-state index in [1.807, 2.05) is 32.3 Å². The van der Waals surface area contributed by atoms with Gasteiger partial charge in [-0.05, 0) is 61.3 Å². The van der Waals surface area contributed by atoms with Crippen molar-refractivity contribution in [2.24, 2.45) is 0 Å². The van der Waals surface area contributed by atoms with Gasteiger partial charge in [0.2, 0.25) is 0 Å². The number of hydrogen-bond acceptors (Lipinski definition) is 2. The van der Waals surface area contributed by atoms with E-state index in [2.05, 4.69) is 17.2 Å². The summed E-state index contributed by atoms with van der Waals surface area (Å²) in [6.45, 7) is 3.98. The van der Waals surface area contributed by atoms with Gasteiger partial charge in [0.1, 0.15) is 5.82 Å². The van der Waals surface area contributed by atoms with Gasteiger partial charge in [-0.25, -0.2) is 4.39 Å². The zero-order valence-corrected chi connectivity index (χ0v) is 10.9. The number of aromatic nitrogens is 1. The van der Waals surface area contributed by atoms with Gasteiger partial charge < -0.3 is 5.32 Å². The molecule has 94 valence electrons. The van der Waals surface area contributed by atoms with Crippen molar-refractivity contribution >= 4 is 0 Å². The van der Waals surface area contributed by atoms with Crippen molar-refractivity contribution in [3.63, 3.8) is 0 Å². The van der Waals surface area contributed by atoms with Crippen LogP contribution in [0.3, 0.4) is 0 Å². The van der Waals surface area contributed by atoms with Gasteiger partial charge in [0.05, 0.1) is 6.04 Å². The predicted molar refractivity (Wildman–Crippen MR) is 71.0 cm³/mol. The van der Waals surface area contributed by atoms with Gasteiger partial charge in [0.25, 0.3) is 0 Å². The molecule has 0 aliphatic rings. The highest BCUT2D eigenvalue weighted by Crippen LogP contribution is 2.26. The molecule has 0 aliphatic carbocycles. The predicted octanol–water partition coefficient (Wildman–Crippen LogP) is 3.15. The van der Waals surface area contributed by atoms with Crippen molar-refractivity contribution in [1.29, 1.82) is 0 Å². The number of nitrogens with zero attached hydrogens (tertiary/aromatic N) is 1. The third-order valence-corrected chi connectivity index (χ3v) is 3.22. The van der Waals surface area contributed by atoms with Gasteiger partial charge >= 0.3 is 0 Å². The molecule has 1 aromatic heterocycles. The van der Waals surface area contributed by atoms with E-state index < -0.39 is 0 Å². The lowest BCUT2D eigenvalue weighted by Crippen LogP contribution is -2.20. The van der Waals surface area contributed by atoms with Gasteiger partial charge in [0, 0.05) is 12.4 Å². The molecule has 3 heteroatoms. The topological polar surface area (TPSA) is 24.9 Å². The first-order valence-corrected chi connectivity index (χ1v) is 5.97. The Morgan fingerprint density at radius 1 is 1.11 bits per heavy atom. The van der Waals surface area contributed by atoms with Crippen LogP contribution in [-0.4, -0.2) is 12.0 Å². The molecule has 0 spiro atoms. The Kier molecular flexibility index (Phi) is 3.72. The molecule has 0 fully saturated rings. The van der Waals surface area contributed by atoms with E-state index in [1.165, 1.54) is 11.6 Å². The van der Waals surface area contributed by atoms with Crippen LogP contribution in [0.15, 0.2) is 36.7 Å². The van der Waals surface area contributed by atoms with E-state index in [0.29, 0.717) is 0 Å². The van der Waals surface area contributed by atoms with E-state index in [4.69, 9.17) is 0 Å². The first-order valence-electron chi connectivity index (χ1n) is 5.97. The number of pyridine rings is 1. The fourth-order valence-corrected chi connectivity index (χ4v) is 2.22. The summed E-state index contributed by atoms with van der Waals surface area (Å²) in [5, 5.41) is 3.27. The van der Waals surface area contributed by atoms with Crippen molar-refractivity contribution < 1.29 is 4.39 Å². The van der Waals surface area contributed by atoms with Crippen LogP contribution in [0.1, 0.15) is 28.3 Å². The molecule has 1 aromatic carbocycles. The third kappa shape index (κ3) is 2.41. The normalized spacial score (nSPS) is 12.4. The Labute approximate surface area is 107 Å². The van der Waals surface area contributed by atoms with Crippen LogP contribution in [-0.2, 0) is 0 Å². The second-order valence-corrected chi connectivity index (χ2v) is 4.45. The minimum absolute atomic E-state index is 0.0410. The minimum atomic E-state index is -0.200. The molecule has 1 unspecified atom stereocenters. The Morgan fingerprint density at radius 2 is 1.89 bits per heavy atom. The van der Waals surface area contributed by atoms with Gasteiger partial charge in [-0.2, -0.15) is 0 Å². The molecule has 18 heavy (non-hydrogen) atoms. The maximum absolute atomic E-state index is 13.2. The highest BCUT2D eigenvalue weighted by molar-refractivity contribution is 5.39. The zero-order chi connectivity index (χ0) is 13.1. The second-order valence-electron chi connectivity index (χ2n) is 4.45. The summed E-state index contributed by atoms with van der Waals surface area (Å²) in [5.41, 5.74) is 4.32. The number of aryl methyl sites for hydroxylation is 2. The van der Waals surface area contributed by atoms with E-state index in [1.54, 1.807) is 12.3 Å². The van der Waals surface area contributed by atoms with Crippen LogP contribution in [0.4, 0.5) is 4.39 Å². The van der Waals surface area contributed by atoms with Crippen LogP contribution < -0.4 is 5.32 Å². The summed E-state index contributed by atoms with van der Waals surface area (Å²) in [5.74, 6) is -0.200. The van der Waals surface area contributed by atoms with Gasteiger partial charge in [-0.3, -0.25) is 4.98 Å². The van der Waals surface area contributed by atoms with Gasteiger partial charge in [-0.1, -0.05) is 6.07 Å². The van der Waals surface area contributed by atoms with Crippen LogP contribution in [0.5, 0.6) is 0 Å². The SMILES string of the molecule is CNC(c1ccc(F)cc1C)c1cnccc1C. The lowest BCUT2D eigenvalue weighted by molar-refractivity contribution is 0.620. The Morgan fingerprint density at radius 3 is 2.50 bits per heavy atom. The maximum atomic E-state index is 13.2. The molecule has 2 rings (SSSR count).